The van der Waals surface area contributed by atoms with E-state index in [0.717, 1.165) is 51.1 Å². The van der Waals surface area contributed by atoms with E-state index in [4.69, 9.17) is 17.0 Å². The molecule has 1 aromatic heterocycles. The first kappa shape index (κ1) is 18.4. The number of benzene rings is 1. The van der Waals surface area contributed by atoms with Crippen molar-refractivity contribution in [2.24, 2.45) is 0 Å². The summed E-state index contributed by atoms with van der Waals surface area (Å²) in [5.74, 6) is 0.903. The molecule has 5 nitrogen and oxygen atoms in total. The van der Waals surface area contributed by atoms with Crippen molar-refractivity contribution >= 4 is 44.6 Å². The highest BCUT2D eigenvalue weighted by molar-refractivity contribution is 9.10. The maximum absolute atomic E-state index is 5.44. The van der Waals surface area contributed by atoms with Gasteiger partial charge in [0.2, 0.25) is 5.13 Å². The zero-order chi connectivity index (χ0) is 16.8. The van der Waals surface area contributed by atoms with Crippen molar-refractivity contribution in [2.75, 3.05) is 26.0 Å². The van der Waals surface area contributed by atoms with Gasteiger partial charge in [-0.1, -0.05) is 34.2 Å². The van der Waals surface area contributed by atoms with Crippen LogP contribution in [0.15, 0.2) is 22.7 Å². The van der Waals surface area contributed by atoms with Crippen molar-refractivity contribution in [1.82, 2.24) is 9.78 Å². The Kier molecular flexibility index (Phi) is 7.01. The third-order valence-electron chi connectivity index (χ3n) is 3.29. The lowest BCUT2D eigenvalue weighted by molar-refractivity contribution is -0.917. The number of halogens is 1. The lowest BCUT2D eigenvalue weighted by Gasteiger charge is -2.16. The highest BCUT2D eigenvalue weighted by Gasteiger charge is 2.12. The number of rotatable bonds is 8. The summed E-state index contributed by atoms with van der Waals surface area (Å²) in [6.07, 6.45) is 1.07. The second kappa shape index (κ2) is 8.77. The average molecular weight is 418 g/mol. The predicted octanol–water partition coefficient (Wildman–Crippen LogP) is 2.94. The van der Waals surface area contributed by atoms with Crippen molar-refractivity contribution in [1.29, 1.82) is 0 Å². The van der Waals surface area contributed by atoms with Gasteiger partial charge < -0.3 is 15.0 Å². The van der Waals surface area contributed by atoms with Crippen LogP contribution in [-0.2, 0) is 13.2 Å². The molecule has 23 heavy (non-hydrogen) atoms. The fourth-order valence-electron chi connectivity index (χ4n) is 2.23. The van der Waals surface area contributed by atoms with Crippen LogP contribution in [0, 0.1) is 3.95 Å². The molecule has 2 N–H and O–H groups in total. The lowest BCUT2D eigenvalue weighted by atomic mass is 10.2. The second-order valence-corrected chi connectivity index (χ2v) is 7.89. The molecule has 1 unspecified atom stereocenters. The Morgan fingerprint density at radius 3 is 2.96 bits per heavy atom. The molecule has 2 rings (SSSR count). The van der Waals surface area contributed by atoms with Gasteiger partial charge in [0.1, 0.15) is 12.3 Å². The Morgan fingerprint density at radius 1 is 1.48 bits per heavy atom. The van der Waals surface area contributed by atoms with E-state index in [2.05, 4.69) is 46.4 Å². The van der Waals surface area contributed by atoms with Gasteiger partial charge in [-0.3, -0.25) is 0 Å². The van der Waals surface area contributed by atoms with E-state index in [1.54, 1.807) is 7.11 Å². The van der Waals surface area contributed by atoms with Gasteiger partial charge in [-0.2, -0.15) is 4.68 Å². The van der Waals surface area contributed by atoms with Gasteiger partial charge in [0.25, 0.3) is 0 Å². The van der Waals surface area contributed by atoms with E-state index in [1.807, 2.05) is 16.8 Å². The molecule has 0 aliphatic carbocycles. The van der Waals surface area contributed by atoms with Crippen LogP contribution in [0.2, 0.25) is 0 Å². The molecule has 0 saturated carbocycles. The van der Waals surface area contributed by atoms with Gasteiger partial charge in [0, 0.05) is 16.6 Å². The Labute approximate surface area is 154 Å². The molecule has 126 valence electrons. The molecular formula is C15H22BrN4OS2+. The maximum Gasteiger partial charge on any atom is 0.204 e. The standard InChI is InChI=1S/C15H21BrN4OS2/c1-4-7-17-14-18-20(15(22)23-14)10-19(2)9-11-8-12(16)5-6-13(11)21-3/h5-6,8H,4,7,9-10H2,1-3H3,(H,17,18)/p+1. The summed E-state index contributed by atoms with van der Waals surface area (Å²) >= 11 is 10.4. The number of quaternary nitrogens is 1. The number of nitrogens with zero attached hydrogens (tertiary/aromatic N) is 2. The zero-order valence-corrected chi connectivity index (χ0v) is 16.8. The SMILES string of the molecule is CCCNc1nn(C[NH+](C)Cc2cc(Br)ccc2OC)c(=S)s1. The van der Waals surface area contributed by atoms with Crippen LogP contribution in [-0.4, -0.2) is 30.5 Å². The van der Waals surface area contributed by atoms with Crippen LogP contribution >= 0.6 is 39.5 Å². The number of nitrogens with one attached hydrogen (secondary N) is 2. The van der Waals surface area contributed by atoms with Crippen molar-refractivity contribution in [2.45, 2.75) is 26.6 Å². The summed E-state index contributed by atoms with van der Waals surface area (Å²) in [5.41, 5.74) is 1.16. The first-order chi connectivity index (χ1) is 11.0. The minimum atomic E-state index is 0.721. The molecule has 0 radical (unpaired) electrons. The van der Waals surface area contributed by atoms with E-state index < -0.39 is 0 Å². The quantitative estimate of drug-likeness (QED) is 0.647. The fourth-order valence-corrected chi connectivity index (χ4v) is 3.67. The predicted molar refractivity (Wildman–Crippen MR) is 101 cm³/mol. The van der Waals surface area contributed by atoms with E-state index in [9.17, 15) is 0 Å². The topological polar surface area (TPSA) is 43.5 Å². The maximum atomic E-state index is 5.44. The Balaban J connectivity index is 2.05. The highest BCUT2D eigenvalue weighted by Crippen LogP contribution is 2.22. The van der Waals surface area contributed by atoms with Crippen LogP contribution in [0.3, 0.4) is 0 Å². The van der Waals surface area contributed by atoms with E-state index in [0.29, 0.717) is 0 Å². The van der Waals surface area contributed by atoms with Crippen molar-refractivity contribution in [3.8, 4) is 5.75 Å². The molecule has 0 aliphatic rings. The van der Waals surface area contributed by atoms with Gasteiger partial charge in [-0.05, 0) is 36.8 Å². The van der Waals surface area contributed by atoms with E-state index in [-0.39, 0.29) is 0 Å². The van der Waals surface area contributed by atoms with Crippen LogP contribution in [0.25, 0.3) is 0 Å². The van der Waals surface area contributed by atoms with Gasteiger partial charge in [0.05, 0.1) is 14.2 Å². The third-order valence-corrected chi connectivity index (χ3v) is 5.05. The molecule has 0 bridgehead atoms. The van der Waals surface area contributed by atoms with Gasteiger partial charge >= 0.3 is 0 Å². The molecule has 8 heteroatoms. The normalized spacial score (nSPS) is 12.2. The lowest BCUT2D eigenvalue weighted by Crippen LogP contribution is -3.07. The average Bonchev–Trinajstić information content (AvgIpc) is 2.85. The number of anilines is 1. The monoisotopic (exact) mass is 417 g/mol. The van der Waals surface area contributed by atoms with Crippen LogP contribution in [0.5, 0.6) is 5.75 Å². The summed E-state index contributed by atoms with van der Waals surface area (Å²) < 4.78 is 9.17. The third kappa shape index (κ3) is 5.27. The molecular weight excluding hydrogens is 396 g/mol. The summed E-state index contributed by atoms with van der Waals surface area (Å²) in [5, 5.41) is 8.73. The van der Waals surface area contributed by atoms with Gasteiger partial charge in [-0.15, -0.1) is 5.10 Å². The Morgan fingerprint density at radius 2 is 2.26 bits per heavy atom. The summed E-state index contributed by atoms with van der Waals surface area (Å²) in [7, 11) is 3.82. The van der Waals surface area contributed by atoms with Crippen molar-refractivity contribution in [3.63, 3.8) is 0 Å². The minimum absolute atomic E-state index is 0.721. The Bertz CT molecular complexity index is 701. The highest BCUT2D eigenvalue weighted by atomic mass is 79.9. The van der Waals surface area contributed by atoms with Crippen molar-refractivity contribution < 1.29 is 9.64 Å². The van der Waals surface area contributed by atoms with E-state index in [1.165, 1.54) is 16.2 Å². The first-order valence-electron chi connectivity index (χ1n) is 7.49. The second-order valence-electron chi connectivity index (χ2n) is 5.35. The first-order valence-corrected chi connectivity index (χ1v) is 9.50. The molecule has 0 aliphatic heterocycles. The molecule has 2 aromatic rings. The molecule has 1 aromatic carbocycles. The molecule has 0 amide bonds. The molecule has 1 heterocycles. The number of aromatic nitrogens is 2. The molecule has 1 atom stereocenters. The van der Waals surface area contributed by atoms with Gasteiger partial charge in [-0.25, -0.2) is 0 Å². The van der Waals surface area contributed by atoms with Crippen LogP contribution in [0.4, 0.5) is 5.13 Å². The largest absolute Gasteiger partial charge is 0.496 e. The van der Waals surface area contributed by atoms with Gasteiger partial charge in [0.15, 0.2) is 10.6 Å². The molecule has 0 saturated heterocycles. The fraction of sp³-hybridized carbons (Fsp3) is 0.467. The van der Waals surface area contributed by atoms with E-state index >= 15 is 0 Å². The summed E-state index contributed by atoms with van der Waals surface area (Å²) in [4.78, 5) is 1.28. The number of hydrogen-bond donors (Lipinski definition) is 2. The number of ether oxygens (including phenoxy) is 1. The van der Waals surface area contributed by atoms with Crippen LogP contribution < -0.4 is 15.0 Å². The van der Waals surface area contributed by atoms with Crippen LogP contribution in [0.1, 0.15) is 18.9 Å². The Hall–Kier alpha value is -0.960. The minimum Gasteiger partial charge on any atom is -0.496 e. The summed E-state index contributed by atoms with van der Waals surface area (Å²) in [6, 6.07) is 6.06. The molecule has 0 spiro atoms. The zero-order valence-electron chi connectivity index (χ0n) is 13.6. The molecule has 0 fully saturated rings. The van der Waals surface area contributed by atoms with Crippen molar-refractivity contribution in [3.05, 3.63) is 32.2 Å². The number of hydrogen-bond acceptors (Lipinski definition) is 5. The smallest absolute Gasteiger partial charge is 0.204 e. The summed E-state index contributed by atoms with van der Waals surface area (Å²) in [6.45, 7) is 4.60. The number of methoxy groups -OCH3 is 1.